The third kappa shape index (κ3) is 4.76. The van der Waals surface area contributed by atoms with Crippen LogP contribution in [0.5, 0.6) is 0 Å². The summed E-state index contributed by atoms with van der Waals surface area (Å²) < 4.78 is 0. The summed E-state index contributed by atoms with van der Waals surface area (Å²) in [7, 11) is 0. The minimum absolute atomic E-state index is 1.13. The van der Waals surface area contributed by atoms with Crippen LogP contribution in [0.1, 0.15) is 11.1 Å². The molecule has 0 atom stereocenters. The van der Waals surface area contributed by atoms with E-state index in [1.165, 1.54) is 11.1 Å². The van der Waals surface area contributed by atoms with E-state index in [1.807, 2.05) is 12.1 Å². The molecule has 72 valence electrons. The van der Waals surface area contributed by atoms with Gasteiger partial charge in [0.25, 0.3) is 0 Å². The lowest BCUT2D eigenvalue weighted by molar-refractivity contribution is -0.402. The smallest absolute Gasteiger partial charge is 0.131 e. The molecule has 0 fully saturated rings. The van der Waals surface area contributed by atoms with Gasteiger partial charge in [0.1, 0.15) is 5.69 Å². The van der Waals surface area contributed by atoms with E-state index in [9.17, 15) is 0 Å². The van der Waals surface area contributed by atoms with E-state index in [1.54, 1.807) is 0 Å². The normalized spacial score (nSPS) is 8.54. The van der Waals surface area contributed by atoms with Gasteiger partial charge < -0.3 is 21.1 Å². The fraction of sp³-hybridized carbons (Fsp3) is 0.250. The molecular formula is C8H12N2O3. The summed E-state index contributed by atoms with van der Waals surface area (Å²) >= 11 is 0. The van der Waals surface area contributed by atoms with Gasteiger partial charge in [0.05, 0.1) is 5.09 Å². The fourth-order valence-corrected chi connectivity index (χ4v) is 0.812. The average Bonchev–Trinajstić information content (AvgIpc) is 1.99. The molecule has 0 spiro atoms. The van der Waals surface area contributed by atoms with Crippen LogP contribution in [-0.2, 0) is 0 Å². The molecular weight excluding hydrogens is 172 g/mol. The quantitative estimate of drug-likeness (QED) is 0.480. The molecule has 5 nitrogen and oxygen atoms in total. The highest BCUT2D eigenvalue weighted by Gasteiger charge is 1.96. The monoisotopic (exact) mass is 184 g/mol. The average molecular weight is 184 g/mol. The highest BCUT2D eigenvalue weighted by Crippen LogP contribution is 2.11. The second-order valence-corrected chi connectivity index (χ2v) is 2.58. The van der Waals surface area contributed by atoms with Gasteiger partial charge in [-0.15, -0.1) is 0 Å². The van der Waals surface area contributed by atoms with Crippen LogP contribution in [0.25, 0.3) is 0 Å². The van der Waals surface area contributed by atoms with Gasteiger partial charge in [0.15, 0.2) is 0 Å². The first-order valence-corrected chi connectivity index (χ1v) is 3.65. The van der Waals surface area contributed by atoms with Gasteiger partial charge >= 0.3 is 0 Å². The zero-order chi connectivity index (χ0) is 10.4. The minimum Gasteiger partial charge on any atom is -0.356 e. The third-order valence-electron chi connectivity index (χ3n) is 1.72. The standard InChI is InChI=1S/C8H11N.NO3/c1-6-4-3-5-8(9)7(6)2;2-1(3)4/h3-5H,9H2,1-2H3;/q;-1/p+1. The lowest BCUT2D eigenvalue weighted by Crippen LogP contribution is -2.41. The van der Waals surface area contributed by atoms with Gasteiger partial charge in [0, 0.05) is 5.56 Å². The summed E-state index contributed by atoms with van der Waals surface area (Å²) in [6.45, 7) is 4.20. The molecule has 0 aliphatic carbocycles. The highest BCUT2D eigenvalue weighted by atomic mass is 16.9. The van der Waals surface area contributed by atoms with Crippen LogP contribution in [-0.4, -0.2) is 5.09 Å². The van der Waals surface area contributed by atoms with Gasteiger partial charge in [-0.1, -0.05) is 12.1 Å². The molecule has 0 heterocycles. The summed E-state index contributed by atoms with van der Waals surface area (Å²) in [6.07, 6.45) is 0. The first-order chi connectivity index (χ1) is 5.95. The van der Waals surface area contributed by atoms with E-state index in [2.05, 4.69) is 25.6 Å². The molecule has 0 bridgehead atoms. The molecule has 1 aromatic rings. The summed E-state index contributed by atoms with van der Waals surface area (Å²) in [4.78, 5) is 8.25. The SMILES string of the molecule is Cc1cccc([NH3+])c1C.O=[N+]([O-])[O-]. The van der Waals surface area contributed by atoms with Crippen molar-refractivity contribution in [2.45, 2.75) is 13.8 Å². The largest absolute Gasteiger partial charge is 0.356 e. The van der Waals surface area contributed by atoms with Crippen molar-refractivity contribution in [1.29, 1.82) is 0 Å². The number of rotatable bonds is 0. The van der Waals surface area contributed by atoms with E-state index in [0.29, 0.717) is 0 Å². The molecule has 0 aliphatic heterocycles. The summed E-state index contributed by atoms with van der Waals surface area (Å²) in [6, 6.07) is 6.16. The zero-order valence-corrected chi connectivity index (χ0v) is 7.61. The summed E-state index contributed by atoms with van der Waals surface area (Å²) in [5.41, 5.74) is 7.64. The third-order valence-corrected chi connectivity index (χ3v) is 1.72. The Morgan fingerprint density at radius 1 is 1.31 bits per heavy atom. The molecule has 0 unspecified atom stereocenters. The van der Waals surface area contributed by atoms with E-state index in [4.69, 9.17) is 15.3 Å². The Balaban J connectivity index is 0.000000310. The molecule has 0 amide bonds. The van der Waals surface area contributed by atoms with Gasteiger partial charge in [0.2, 0.25) is 0 Å². The molecule has 0 aliphatic rings. The van der Waals surface area contributed by atoms with Crippen LogP contribution in [0, 0.1) is 29.2 Å². The maximum Gasteiger partial charge on any atom is 0.131 e. The molecule has 13 heavy (non-hydrogen) atoms. The van der Waals surface area contributed by atoms with E-state index in [0.717, 1.165) is 5.69 Å². The van der Waals surface area contributed by atoms with Crippen LogP contribution in [0.2, 0.25) is 0 Å². The predicted octanol–water partition coefficient (Wildman–Crippen LogP) is 0.938. The van der Waals surface area contributed by atoms with Crippen molar-refractivity contribution in [3.8, 4) is 0 Å². The topological polar surface area (TPSA) is 93.8 Å². The lowest BCUT2D eigenvalue weighted by atomic mass is 10.1. The van der Waals surface area contributed by atoms with E-state index in [-0.39, 0.29) is 0 Å². The van der Waals surface area contributed by atoms with Crippen molar-refractivity contribution < 1.29 is 10.8 Å². The Kier molecular flexibility index (Phi) is 4.47. The van der Waals surface area contributed by atoms with Crippen molar-refractivity contribution >= 4 is 5.69 Å². The minimum atomic E-state index is -1.75. The molecule has 3 N–H and O–H groups in total. The second kappa shape index (κ2) is 5.10. The Labute approximate surface area is 75.9 Å². The van der Waals surface area contributed by atoms with Crippen LogP contribution >= 0.6 is 0 Å². The number of aryl methyl sites for hydroxylation is 1. The molecule has 0 saturated carbocycles. The maximum absolute atomic E-state index is 8.25. The van der Waals surface area contributed by atoms with Gasteiger partial charge in [-0.25, -0.2) is 0 Å². The Bertz CT molecular complexity index is 275. The van der Waals surface area contributed by atoms with E-state index < -0.39 is 5.09 Å². The number of quaternary nitrogens is 1. The van der Waals surface area contributed by atoms with Crippen molar-refractivity contribution in [2.75, 3.05) is 0 Å². The zero-order valence-electron chi connectivity index (χ0n) is 7.61. The highest BCUT2D eigenvalue weighted by molar-refractivity contribution is 5.42. The van der Waals surface area contributed by atoms with Gasteiger partial charge in [-0.2, -0.15) is 0 Å². The van der Waals surface area contributed by atoms with Crippen LogP contribution in [0.15, 0.2) is 18.2 Å². The summed E-state index contributed by atoms with van der Waals surface area (Å²) in [5.74, 6) is 0. The molecule has 0 radical (unpaired) electrons. The number of hydrogen-bond donors (Lipinski definition) is 1. The van der Waals surface area contributed by atoms with Crippen LogP contribution in [0.3, 0.4) is 0 Å². The Morgan fingerprint density at radius 3 is 2.08 bits per heavy atom. The molecule has 0 saturated heterocycles. The Hall–Kier alpha value is -1.62. The fourth-order valence-electron chi connectivity index (χ4n) is 0.812. The molecule has 5 heteroatoms. The van der Waals surface area contributed by atoms with Crippen molar-refractivity contribution in [2.24, 2.45) is 0 Å². The van der Waals surface area contributed by atoms with E-state index >= 15 is 0 Å². The first-order valence-electron chi connectivity index (χ1n) is 3.65. The lowest BCUT2D eigenvalue weighted by Gasteiger charge is -1.97. The maximum atomic E-state index is 8.25. The molecule has 1 rings (SSSR count). The van der Waals surface area contributed by atoms with Gasteiger partial charge in [-0.05, 0) is 25.5 Å². The first kappa shape index (κ1) is 11.4. The van der Waals surface area contributed by atoms with Crippen LogP contribution in [0.4, 0.5) is 5.69 Å². The number of hydrogen-bond acceptors (Lipinski definition) is 3. The number of nitrogens with zero attached hydrogens (tertiary/aromatic N) is 1. The summed E-state index contributed by atoms with van der Waals surface area (Å²) in [5, 5.41) is 14.8. The second-order valence-electron chi connectivity index (χ2n) is 2.58. The van der Waals surface area contributed by atoms with Crippen molar-refractivity contribution in [3.63, 3.8) is 0 Å². The molecule has 1 aromatic carbocycles. The van der Waals surface area contributed by atoms with Gasteiger partial charge in [-0.3, -0.25) is 0 Å². The van der Waals surface area contributed by atoms with Crippen molar-refractivity contribution in [1.82, 2.24) is 0 Å². The number of benzene rings is 1. The van der Waals surface area contributed by atoms with Crippen LogP contribution < -0.4 is 5.73 Å². The van der Waals surface area contributed by atoms with Crippen molar-refractivity contribution in [3.05, 3.63) is 44.6 Å². The molecule has 0 aromatic heterocycles. The predicted molar refractivity (Wildman–Crippen MR) is 48.8 cm³/mol. The Morgan fingerprint density at radius 2 is 1.77 bits per heavy atom.